The highest BCUT2D eigenvalue weighted by Gasteiger charge is 1.90. The number of halogens is 1. The van der Waals surface area contributed by atoms with Crippen molar-refractivity contribution in [2.24, 2.45) is 0 Å². The first-order valence-corrected chi connectivity index (χ1v) is 4.17. The highest BCUT2D eigenvalue weighted by atomic mass is 32.1. The fourth-order valence-electron chi connectivity index (χ4n) is 0.682. The number of aromatic nitrogens is 1. The molecule has 0 atom stereocenters. The van der Waals surface area contributed by atoms with Crippen molar-refractivity contribution in [3.63, 3.8) is 0 Å². The molecule has 0 unspecified atom stereocenters. The molecule has 0 spiro atoms. The Morgan fingerprint density at radius 1 is 1.58 bits per heavy atom. The van der Waals surface area contributed by atoms with Gasteiger partial charge in [0, 0.05) is 24.4 Å². The van der Waals surface area contributed by atoms with Crippen molar-refractivity contribution in [3.05, 3.63) is 29.8 Å². The van der Waals surface area contributed by atoms with E-state index in [1.54, 1.807) is 0 Å². The van der Waals surface area contributed by atoms with Gasteiger partial charge in [-0.15, -0.1) is 0 Å². The molecule has 0 aliphatic carbocycles. The predicted octanol–water partition coefficient (Wildman–Crippen LogP) is 1.89. The lowest BCUT2D eigenvalue weighted by molar-refractivity contribution is 0.625. The average Bonchev–Trinajstić information content (AvgIpc) is 2.05. The summed E-state index contributed by atoms with van der Waals surface area (Å²) < 4.78 is 12.6. The summed E-state index contributed by atoms with van der Waals surface area (Å²) in [5.74, 6) is 5.96. The highest BCUT2D eigenvalue weighted by molar-refractivity contribution is 7.80. The van der Waals surface area contributed by atoms with Crippen LogP contribution in [0.25, 0.3) is 0 Å². The van der Waals surface area contributed by atoms with Crippen LogP contribution in [0.4, 0.5) is 4.39 Å². The summed E-state index contributed by atoms with van der Waals surface area (Å²) >= 11 is 3.99. The average molecular weight is 181 g/mol. The van der Waals surface area contributed by atoms with Crippen LogP contribution in [0, 0.1) is 17.7 Å². The zero-order valence-corrected chi connectivity index (χ0v) is 7.31. The van der Waals surface area contributed by atoms with Gasteiger partial charge in [-0.2, -0.15) is 12.6 Å². The molecule has 0 fully saturated rings. The number of nitrogens with zero attached hydrogens (tertiary/aromatic N) is 1. The van der Waals surface area contributed by atoms with Gasteiger partial charge < -0.3 is 0 Å². The van der Waals surface area contributed by atoms with Crippen molar-refractivity contribution in [2.75, 3.05) is 5.75 Å². The maximum absolute atomic E-state index is 12.6. The van der Waals surface area contributed by atoms with Crippen LogP contribution in [0.1, 0.15) is 12.1 Å². The summed E-state index contributed by atoms with van der Waals surface area (Å²) in [6, 6.07) is 2.61. The molecular weight excluding hydrogens is 173 g/mol. The number of hydrogen-bond acceptors (Lipinski definition) is 2. The van der Waals surface area contributed by atoms with Crippen LogP contribution >= 0.6 is 12.6 Å². The first kappa shape index (κ1) is 9.08. The van der Waals surface area contributed by atoms with Crippen LogP contribution in [0.15, 0.2) is 18.3 Å². The Balaban J connectivity index is 2.71. The molecule has 0 N–H and O–H groups in total. The van der Waals surface area contributed by atoms with E-state index in [1.807, 2.05) is 0 Å². The van der Waals surface area contributed by atoms with Crippen molar-refractivity contribution in [1.82, 2.24) is 4.98 Å². The van der Waals surface area contributed by atoms with Crippen LogP contribution in [-0.4, -0.2) is 10.7 Å². The van der Waals surface area contributed by atoms with E-state index in [0.29, 0.717) is 17.9 Å². The van der Waals surface area contributed by atoms with Crippen LogP contribution in [-0.2, 0) is 0 Å². The zero-order chi connectivity index (χ0) is 8.81. The summed E-state index contributed by atoms with van der Waals surface area (Å²) in [5, 5.41) is 0. The predicted molar refractivity (Wildman–Crippen MR) is 49.5 cm³/mol. The van der Waals surface area contributed by atoms with Gasteiger partial charge >= 0.3 is 0 Å². The Morgan fingerprint density at radius 3 is 3.08 bits per heavy atom. The molecule has 0 aromatic carbocycles. The molecule has 1 aromatic rings. The minimum absolute atomic E-state index is 0.305. The molecule has 1 nitrogen and oxygen atoms in total. The Labute approximate surface area is 76.4 Å². The number of thiol groups is 1. The van der Waals surface area contributed by atoms with E-state index >= 15 is 0 Å². The topological polar surface area (TPSA) is 12.9 Å². The van der Waals surface area contributed by atoms with Gasteiger partial charge in [-0.25, -0.2) is 9.37 Å². The molecule has 0 aliphatic rings. The minimum Gasteiger partial charge on any atom is -0.248 e. The number of rotatable bonds is 1. The maximum Gasteiger partial charge on any atom is 0.127 e. The molecule has 62 valence electrons. The first-order chi connectivity index (χ1) is 5.83. The molecule has 0 saturated heterocycles. The van der Waals surface area contributed by atoms with E-state index in [0.717, 1.165) is 0 Å². The summed E-state index contributed by atoms with van der Waals surface area (Å²) in [6.45, 7) is 0. The monoisotopic (exact) mass is 181 g/mol. The number of hydrogen-bond donors (Lipinski definition) is 1. The third-order valence-electron chi connectivity index (χ3n) is 1.18. The zero-order valence-electron chi connectivity index (χ0n) is 6.42. The molecular formula is C9H8FNS. The van der Waals surface area contributed by atoms with Gasteiger partial charge in [-0.3, -0.25) is 0 Å². The smallest absolute Gasteiger partial charge is 0.127 e. The van der Waals surface area contributed by atoms with Crippen LogP contribution in [0.3, 0.4) is 0 Å². The van der Waals surface area contributed by atoms with Crippen molar-refractivity contribution >= 4 is 12.6 Å². The Bertz CT molecular complexity index is 314. The van der Waals surface area contributed by atoms with E-state index in [9.17, 15) is 4.39 Å². The highest BCUT2D eigenvalue weighted by Crippen LogP contribution is 1.97. The normalized spacial score (nSPS) is 8.83. The SMILES string of the molecule is Fc1ccnc(C#CCCS)c1. The van der Waals surface area contributed by atoms with Crippen LogP contribution in [0.5, 0.6) is 0 Å². The summed E-state index contributed by atoms with van der Waals surface area (Å²) in [6.07, 6.45) is 2.10. The van der Waals surface area contributed by atoms with Gasteiger partial charge in [0.25, 0.3) is 0 Å². The second kappa shape index (κ2) is 4.78. The third kappa shape index (κ3) is 2.93. The van der Waals surface area contributed by atoms with Gasteiger partial charge in [0.1, 0.15) is 11.5 Å². The van der Waals surface area contributed by atoms with Gasteiger partial charge in [0.15, 0.2) is 0 Å². The van der Waals surface area contributed by atoms with Crippen LogP contribution < -0.4 is 0 Å². The Morgan fingerprint density at radius 2 is 2.42 bits per heavy atom. The molecule has 1 heterocycles. The lowest BCUT2D eigenvalue weighted by atomic mass is 10.3. The van der Waals surface area contributed by atoms with E-state index in [-0.39, 0.29) is 5.82 Å². The third-order valence-corrected chi connectivity index (χ3v) is 1.40. The quantitative estimate of drug-likeness (QED) is 0.515. The van der Waals surface area contributed by atoms with Gasteiger partial charge in [0.05, 0.1) is 0 Å². The van der Waals surface area contributed by atoms with Crippen molar-refractivity contribution in [3.8, 4) is 11.8 Å². The Hall–Kier alpha value is -1.01. The molecule has 1 rings (SSSR count). The molecule has 12 heavy (non-hydrogen) atoms. The summed E-state index contributed by atoms with van der Waals surface area (Å²) in [7, 11) is 0. The van der Waals surface area contributed by atoms with E-state index in [4.69, 9.17) is 0 Å². The first-order valence-electron chi connectivity index (χ1n) is 3.54. The maximum atomic E-state index is 12.6. The molecule has 1 aromatic heterocycles. The largest absolute Gasteiger partial charge is 0.248 e. The van der Waals surface area contributed by atoms with E-state index < -0.39 is 0 Å². The minimum atomic E-state index is -0.305. The van der Waals surface area contributed by atoms with Crippen molar-refractivity contribution in [1.29, 1.82) is 0 Å². The lowest BCUT2D eigenvalue weighted by Crippen LogP contribution is -1.82. The standard InChI is InChI=1S/C9H8FNS/c10-8-4-5-11-9(7-8)3-1-2-6-12/h4-5,7,12H,2,6H2. The molecule has 0 amide bonds. The number of pyridine rings is 1. The van der Waals surface area contributed by atoms with Gasteiger partial charge in [-0.1, -0.05) is 5.92 Å². The summed E-state index contributed by atoms with van der Waals surface area (Å²) in [4.78, 5) is 3.87. The fraction of sp³-hybridized carbons (Fsp3) is 0.222. The van der Waals surface area contributed by atoms with E-state index in [2.05, 4.69) is 29.5 Å². The van der Waals surface area contributed by atoms with Crippen LogP contribution in [0.2, 0.25) is 0 Å². The lowest BCUT2D eigenvalue weighted by Gasteiger charge is -1.88. The van der Waals surface area contributed by atoms with Gasteiger partial charge in [0.2, 0.25) is 0 Å². The fourth-order valence-corrected chi connectivity index (χ4v) is 0.794. The molecule has 0 radical (unpaired) electrons. The van der Waals surface area contributed by atoms with Gasteiger partial charge in [-0.05, 0) is 12.0 Å². The Kier molecular flexibility index (Phi) is 3.62. The van der Waals surface area contributed by atoms with Crippen molar-refractivity contribution < 1.29 is 4.39 Å². The van der Waals surface area contributed by atoms with Crippen molar-refractivity contribution in [2.45, 2.75) is 6.42 Å². The molecule has 0 bridgehead atoms. The summed E-state index contributed by atoms with van der Waals surface area (Å²) in [5.41, 5.74) is 0.469. The second-order valence-corrected chi connectivity index (χ2v) is 2.58. The molecule has 3 heteroatoms. The molecule has 0 saturated carbocycles. The second-order valence-electron chi connectivity index (χ2n) is 2.13. The van der Waals surface area contributed by atoms with E-state index in [1.165, 1.54) is 18.3 Å². The molecule has 0 aliphatic heterocycles.